The summed E-state index contributed by atoms with van der Waals surface area (Å²) in [6.07, 6.45) is 1.87. The number of phenolic OH excluding ortho intramolecular Hbond substituents is 1. The number of fused-ring (bicyclic) bond motifs is 1. The van der Waals surface area contributed by atoms with Gasteiger partial charge in [0.25, 0.3) is 0 Å². The second-order valence-electron chi connectivity index (χ2n) is 4.96. The molecule has 4 heteroatoms. The molecule has 0 bridgehead atoms. The molecule has 1 aliphatic rings. The van der Waals surface area contributed by atoms with Crippen molar-refractivity contribution >= 4 is 5.69 Å². The molecule has 0 aliphatic heterocycles. The van der Waals surface area contributed by atoms with Crippen LogP contribution in [-0.4, -0.2) is 12.2 Å². The van der Waals surface area contributed by atoms with Crippen molar-refractivity contribution in [3.05, 3.63) is 53.3 Å². The van der Waals surface area contributed by atoms with Crippen molar-refractivity contribution in [2.24, 2.45) is 0 Å². The molecule has 2 N–H and O–H groups in total. The van der Waals surface area contributed by atoms with E-state index in [1.54, 1.807) is 18.2 Å². The highest BCUT2D eigenvalue weighted by Crippen LogP contribution is 2.37. The summed E-state index contributed by atoms with van der Waals surface area (Å²) in [5, 5.41) is 12.9. The minimum atomic E-state index is -0.316. The van der Waals surface area contributed by atoms with Crippen LogP contribution in [0, 0.1) is 5.82 Å². The summed E-state index contributed by atoms with van der Waals surface area (Å²) in [5.41, 5.74) is 3.11. The number of rotatable bonds is 3. The van der Waals surface area contributed by atoms with Gasteiger partial charge in [0.2, 0.25) is 0 Å². The summed E-state index contributed by atoms with van der Waals surface area (Å²) in [4.78, 5) is 0. The Hall–Kier alpha value is -2.23. The van der Waals surface area contributed by atoms with Crippen molar-refractivity contribution in [1.82, 2.24) is 0 Å². The first-order valence-electron chi connectivity index (χ1n) is 6.59. The summed E-state index contributed by atoms with van der Waals surface area (Å²) in [6.45, 7) is 0. The Morgan fingerprint density at radius 3 is 2.90 bits per heavy atom. The molecule has 3 rings (SSSR count). The van der Waals surface area contributed by atoms with E-state index < -0.39 is 0 Å². The van der Waals surface area contributed by atoms with Gasteiger partial charge in [-0.15, -0.1) is 0 Å². The van der Waals surface area contributed by atoms with Gasteiger partial charge in [-0.1, -0.05) is 6.07 Å². The van der Waals surface area contributed by atoms with Crippen LogP contribution in [0.15, 0.2) is 36.4 Å². The van der Waals surface area contributed by atoms with Gasteiger partial charge in [-0.25, -0.2) is 4.39 Å². The van der Waals surface area contributed by atoms with Crippen LogP contribution in [0.3, 0.4) is 0 Å². The number of anilines is 1. The van der Waals surface area contributed by atoms with E-state index in [-0.39, 0.29) is 11.9 Å². The lowest BCUT2D eigenvalue weighted by molar-refractivity contribution is 0.412. The Labute approximate surface area is 117 Å². The SMILES string of the molecule is COc1cc(F)ccc1NC1CCc2cc(O)ccc21. The quantitative estimate of drug-likeness (QED) is 0.897. The molecule has 0 saturated carbocycles. The van der Waals surface area contributed by atoms with Crippen molar-refractivity contribution in [2.75, 3.05) is 12.4 Å². The van der Waals surface area contributed by atoms with Crippen LogP contribution in [-0.2, 0) is 6.42 Å². The van der Waals surface area contributed by atoms with Gasteiger partial charge < -0.3 is 15.2 Å². The topological polar surface area (TPSA) is 41.5 Å². The maximum absolute atomic E-state index is 13.2. The molecule has 1 unspecified atom stereocenters. The fourth-order valence-electron chi connectivity index (χ4n) is 2.73. The number of hydrogen-bond donors (Lipinski definition) is 2. The monoisotopic (exact) mass is 273 g/mol. The van der Waals surface area contributed by atoms with Crippen molar-refractivity contribution in [3.8, 4) is 11.5 Å². The zero-order valence-corrected chi connectivity index (χ0v) is 11.2. The van der Waals surface area contributed by atoms with E-state index in [0.717, 1.165) is 24.1 Å². The number of ether oxygens (including phenoxy) is 1. The number of aryl methyl sites for hydroxylation is 1. The molecule has 20 heavy (non-hydrogen) atoms. The van der Waals surface area contributed by atoms with Crippen molar-refractivity contribution in [3.63, 3.8) is 0 Å². The van der Waals surface area contributed by atoms with Gasteiger partial charge in [0, 0.05) is 6.07 Å². The molecule has 3 nitrogen and oxygen atoms in total. The van der Waals surface area contributed by atoms with E-state index in [1.807, 2.05) is 6.07 Å². The molecule has 104 valence electrons. The first-order valence-corrected chi connectivity index (χ1v) is 6.59. The highest BCUT2D eigenvalue weighted by atomic mass is 19.1. The molecule has 2 aromatic rings. The average Bonchev–Trinajstić information content (AvgIpc) is 2.83. The largest absolute Gasteiger partial charge is 0.508 e. The molecule has 1 aliphatic carbocycles. The van der Waals surface area contributed by atoms with Gasteiger partial charge in [-0.2, -0.15) is 0 Å². The van der Waals surface area contributed by atoms with E-state index in [2.05, 4.69) is 5.32 Å². The molecule has 0 spiro atoms. The lowest BCUT2D eigenvalue weighted by Crippen LogP contribution is -2.08. The van der Waals surface area contributed by atoms with Crippen molar-refractivity contribution in [1.29, 1.82) is 0 Å². The number of benzene rings is 2. The maximum atomic E-state index is 13.2. The van der Waals surface area contributed by atoms with Crippen LogP contribution in [0.25, 0.3) is 0 Å². The van der Waals surface area contributed by atoms with Crippen molar-refractivity contribution < 1.29 is 14.2 Å². The molecule has 2 aromatic carbocycles. The van der Waals surface area contributed by atoms with E-state index in [0.29, 0.717) is 11.5 Å². The third-order valence-corrected chi connectivity index (χ3v) is 3.70. The van der Waals surface area contributed by atoms with E-state index in [9.17, 15) is 9.50 Å². The Bertz CT molecular complexity index is 642. The van der Waals surface area contributed by atoms with Crippen LogP contribution in [0.1, 0.15) is 23.6 Å². The third-order valence-electron chi connectivity index (χ3n) is 3.70. The van der Waals surface area contributed by atoms with Crippen LogP contribution < -0.4 is 10.1 Å². The van der Waals surface area contributed by atoms with Gasteiger partial charge in [0.05, 0.1) is 18.8 Å². The molecule has 1 atom stereocenters. The van der Waals surface area contributed by atoms with Gasteiger partial charge in [-0.05, 0) is 48.2 Å². The van der Waals surface area contributed by atoms with Crippen LogP contribution in [0.2, 0.25) is 0 Å². The minimum absolute atomic E-state index is 0.157. The first-order chi connectivity index (χ1) is 9.67. The number of phenols is 1. The van der Waals surface area contributed by atoms with Crippen LogP contribution in [0.4, 0.5) is 10.1 Å². The van der Waals surface area contributed by atoms with Crippen LogP contribution in [0.5, 0.6) is 11.5 Å². The summed E-state index contributed by atoms with van der Waals surface area (Å²) in [7, 11) is 1.53. The predicted octanol–water partition coefficient (Wildman–Crippen LogP) is 3.64. The lowest BCUT2D eigenvalue weighted by atomic mass is 10.1. The summed E-state index contributed by atoms with van der Waals surface area (Å²) in [5.74, 6) is 0.477. The lowest BCUT2D eigenvalue weighted by Gasteiger charge is -2.18. The molecule has 0 fully saturated rings. The summed E-state index contributed by atoms with van der Waals surface area (Å²) < 4.78 is 18.4. The fourth-order valence-corrected chi connectivity index (χ4v) is 2.73. The predicted molar refractivity (Wildman–Crippen MR) is 75.7 cm³/mol. The number of hydrogen-bond acceptors (Lipinski definition) is 3. The first kappa shape index (κ1) is 12.8. The molecule has 0 radical (unpaired) electrons. The average molecular weight is 273 g/mol. The highest BCUT2D eigenvalue weighted by molar-refractivity contribution is 5.58. The van der Waals surface area contributed by atoms with Gasteiger partial charge in [0.15, 0.2) is 0 Å². The smallest absolute Gasteiger partial charge is 0.144 e. The van der Waals surface area contributed by atoms with Gasteiger partial charge in [-0.3, -0.25) is 0 Å². The Balaban J connectivity index is 1.87. The molecule has 0 amide bonds. The molecule has 0 aromatic heterocycles. The summed E-state index contributed by atoms with van der Waals surface area (Å²) in [6, 6.07) is 10.1. The summed E-state index contributed by atoms with van der Waals surface area (Å²) >= 11 is 0. The van der Waals surface area contributed by atoms with Gasteiger partial charge >= 0.3 is 0 Å². The van der Waals surface area contributed by atoms with E-state index >= 15 is 0 Å². The van der Waals surface area contributed by atoms with E-state index in [4.69, 9.17) is 4.74 Å². The highest BCUT2D eigenvalue weighted by Gasteiger charge is 2.23. The van der Waals surface area contributed by atoms with Crippen LogP contribution >= 0.6 is 0 Å². The Morgan fingerprint density at radius 2 is 2.10 bits per heavy atom. The second kappa shape index (κ2) is 5.04. The molecule has 0 heterocycles. The molecule has 0 saturated heterocycles. The number of nitrogens with one attached hydrogen (secondary N) is 1. The molecular weight excluding hydrogens is 257 g/mol. The maximum Gasteiger partial charge on any atom is 0.144 e. The third kappa shape index (κ3) is 2.29. The van der Waals surface area contributed by atoms with E-state index in [1.165, 1.54) is 24.8 Å². The minimum Gasteiger partial charge on any atom is -0.508 e. The Morgan fingerprint density at radius 1 is 1.25 bits per heavy atom. The normalized spacial score (nSPS) is 16.8. The number of methoxy groups -OCH3 is 1. The zero-order valence-electron chi connectivity index (χ0n) is 11.2. The standard InChI is InChI=1S/C16H16FNO2/c1-20-16-9-11(17)3-7-15(16)18-14-6-2-10-8-12(19)4-5-13(10)14/h3-5,7-9,14,18-19H,2,6H2,1H3. The zero-order chi connectivity index (χ0) is 14.1. The van der Waals surface area contributed by atoms with Crippen molar-refractivity contribution in [2.45, 2.75) is 18.9 Å². The fraction of sp³-hybridized carbons (Fsp3) is 0.250. The number of halogens is 1. The number of aromatic hydroxyl groups is 1. The Kier molecular flexibility index (Phi) is 3.22. The molecular formula is C16H16FNO2. The second-order valence-corrected chi connectivity index (χ2v) is 4.96. The van der Waals surface area contributed by atoms with Gasteiger partial charge in [0.1, 0.15) is 17.3 Å².